The van der Waals surface area contributed by atoms with E-state index in [1.54, 1.807) is 23.2 Å². The lowest BCUT2D eigenvalue weighted by Crippen LogP contribution is -2.26. The van der Waals surface area contributed by atoms with Crippen molar-refractivity contribution in [3.05, 3.63) is 64.9 Å². The summed E-state index contributed by atoms with van der Waals surface area (Å²) in [4.78, 5) is 13.5. The molecule has 2 nitrogen and oxygen atoms in total. The highest BCUT2D eigenvalue weighted by atomic mass is 32.1. The predicted molar refractivity (Wildman–Crippen MR) is 76.0 cm³/mol. The standard InChI is InChI=1S/C15H15NOS/c1-12(15-8-9-18-11-15)16(13(2)17)10-14-6-4-3-5-7-14/h3-9,11H,1,10H2,2H3. The summed E-state index contributed by atoms with van der Waals surface area (Å²) in [6.07, 6.45) is 0. The van der Waals surface area contributed by atoms with Crippen LogP contribution in [0.2, 0.25) is 0 Å². The van der Waals surface area contributed by atoms with Gasteiger partial charge in [-0.2, -0.15) is 11.3 Å². The molecule has 0 fully saturated rings. The Labute approximate surface area is 111 Å². The van der Waals surface area contributed by atoms with Crippen molar-refractivity contribution in [2.24, 2.45) is 0 Å². The molecule has 1 aromatic heterocycles. The number of hydrogen-bond donors (Lipinski definition) is 0. The SMILES string of the molecule is C=C(c1ccsc1)N(Cc1ccccc1)C(C)=O. The van der Waals surface area contributed by atoms with Crippen molar-refractivity contribution >= 4 is 22.9 Å². The van der Waals surface area contributed by atoms with Gasteiger partial charge in [-0.1, -0.05) is 36.9 Å². The van der Waals surface area contributed by atoms with Gasteiger partial charge in [0.05, 0.1) is 6.54 Å². The molecule has 0 bridgehead atoms. The van der Waals surface area contributed by atoms with Gasteiger partial charge in [0.15, 0.2) is 0 Å². The third kappa shape index (κ3) is 2.87. The van der Waals surface area contributed by atoms with Gasteiger partial charge in [0.1, 0.15) is 0 Å². The summed E-state index contributed by atoms with van der Waals surface area (Å²) in [5.74, 6) is 0.00931. The van der Waals surface area contributed by atoms with E-state index >= 15 is 0 Å². The lowest BCUT2D eigenvalue weighted by Gasteiger charge is -2.23. The highest BCUT2D eigenvalue weighted by Crippen LogP contribution is 2.22. The van der Waals surface area contributed by atoms with E-state index in [1.165, 1.54) is 0 Å². The van der Waals surface area contributed by atoms with E-state index in [-0.39, 0.29) is 5.91 Å². The molecule has 1 heterocycles. The molecule has 0 aliphatic carbocycles. The minimum Gasteiger partial charge on any atom is -0.308 e. The van der Waals surface area contributed by atoms with Gasteiger partial charge in [-0.05, 0) is 22.4 Å². The Kier molecular flexibility index (Phi) is 3.95. The van der Waals surface area contributed by atoms with Crippen molar-refractivity contribution in [2.75, 3.05) is 0 Å². The fourth-order valence-electron chi connectivity index (χ4n) is 1.75. The number of benzene rings is 1. The van der Waals surface area contributed by atoms with Crippen LogP contribution >= 0.6 is 11.3 Å². The van der Waals surface area contributed by atoms with Gasteiger partial charge in [-0.15, -0.1) is 0 Å². The van der Waals surface area contributed by atoms with Gasteiger partial charge in [0.2, 0.25) is 5.91 Å². The molecule has 1 amide bonds. The zero-order valence-corrected chi connectivity index (χ0v) is 11.1. The lowest BCUT2D eigenvalue weighted by molar-refractivity contribution is -0.126. The Balaban J connectivity index is 2.19. The minimum absolute atomic E-state index is 0.00931. The lowest BCUT2D eigenvalue weighted by atomic mass is 10.1. The molecule has 0 saturated heterocycles. The molecule has 0 saturated carbocycles. The first-order chi connectivity index (χ1) is 8.68. The number of amides is 1. The molecular formula is C15H15NOS. The second kappa shape index (κ2) is 5.65. The molecule has 18 heavy (non-hydrogen) atoms. The molecule has 2 rings (SSSR count). The van der Waals surface area contributed by atoms with Crippen LogP contribution in [0.3, 0.4) is 0 Å². The fraction of sp³-hybridized carbons (Fsp3) is 0.133. The molecular weight excluding hydrogens is 242 g/mol. The van der Waals surface area contributed by atoms with Crippen LogP contribution in [0.25, 0.3) is 5.70 Å². The van der Waals surface area contributed by atoms with E-state index in [1.807, 2.05) is 47.2 Å². The van der Waals surface area contributed by atoms with Gasteiger partial charge < -0.3 is 4.90 Å². The number of rotatable bonds is 4. The van der Waals surface area contributed by atoms with Crippen molar-refractivity contribution in [1.29, 1.82) is 0 Å². The number of carbonyl (C=O) groups is 1. The molecule has 92 valence electrons. The molecule has 3 heteroatoms. The molecule has 0 unspecified atom stereocenters. The molecule has 0 spiro atoms. The van der Waals surface area contributed by atoms with Crippen LogP contribution in [0.15, 0.2) is 53.7 Å². The van der Waals surface area contributed by atoms with Gasteiger partial charge in [-0.25, -0.2) is 0 Å². The molecule has 0 N–H and O–H groups in total. The molecule has 0 atom stereocenters. The van der Waals surface area contributed by atoms with Crippen LogP contribution in [-0.4, -0.2) is 10.8 Å². The molecule has 1 aromatic carbocycles. The van der Waals surface area contributed by atoms with E-state index < -0.39 is 0 Å². The van der Waals surface area contributed by atoms with Crippen LogP contribution in [0, 0.1) is 0 Å². The van der Waals surface area contributed by atoms with E-state index in [2.05, 4.69) is 6.58 Å². The average Bonchev–Trinajstić information content (AvgIpc) is 2.90. The monoisotopic (exact) mass is 257 g/mol. The summed E-state index contributed by atoms with van der Waals surface area (Å²) in [7, 11) is 0. The maximum atomic E-state index is 11.8. The predicted octanol–water partition coefficient (Wildman–Crippen LogP) is 3.77. The van der Waals surface area contributed by atoms with E-state index in [0.29, 0.717) is 6.54 Å². The third-order valence-electron chi connectivity index (χ3n) is 2.74. The molecule has 0 aliphatic heterocycles. The zero-order chi connectivity index (χ0) is 13.0. The smallest absolute Gasteiger partial charge is 0.224 e. The maximum absolute atomic E-state index is 11.8. The Morgan fingerprint density at radius 1 is 1.28 bits per heavy atom. The van der Waals surface area contributed by atoms with Crippen LogP contribution in [0.4, 0.5) is 0 Å². The first-order valence-corrected chi connectivity index (χ1v) is 6.66. The van der Waals surface area contributed by atoms with Crippen molar-refractivity contribution in [2.45, 2.75) is 13.5 Å². The molecule has 0 radical (unpaired) electrons. The molecule has 2 aromatic rings. The maximum Gasteiger partial charge on any atom is 0.224 e. The second-order valence-electron chi connectivity index (χ2n) is 4.05. The van der Waals surface area contributed by atoms with E-state index in [9.17, 15) is 4.79 Å². The summed E-state index contributed by atoms with van der Waals surface area (Å²) < 4.78 is 0. The van der Waals surface area contributed by atoms with Crippen LogP contribution < -0.4 is 0 Å². The van der Waals surface area contributed by atoms with Gasteiger partial charge in [0, 0.05) is 18.2 Å². The Morgan fingerprint density at radius 3 is 2.56 bits per heavy atom. The van der Waals surface area contributed by atoms with Crippen molar-refractivity contribution in [3.63, 3.8) is 0 Å². The number of thiophene rings is 1. The normalized spacial score (nSPS) is 10.1. The largest absolute Gasteiger partial charge is 0.308 e. The van der Waals surface area contributed by atoms with E-state index in [4.69, 9.17) is 0 Å². The first kappa shape index (κ1) is 12.6. The van der Waals surface area contributed by atoms with Crippen molar-refractivity contribution < 1.29 is 4.79 Å². The highest BCUT2D eigenvalue weighted by molar-refractivity contribution is 7.08. The van der Waals surface area contributed by atoms with Crippen molar-refractivity contribution in [1.82, 2.24) is 4.90 Å². The summed E-state index contributed by atoms with van der Waals surface area (Å²) in [6, 6.07) is 11.9. The zero-order valence-electron chi connectivity index (χ0n) is 10.3. The van der Waals surface area contributed by atoms with Gasteiger partial charge >= 0.3 is 0 Å². The Bertz CT molecular complexity index is 531. The minimum atomic E-state index is 0.00931. The number of hydrogen-bond acceptors (Lipinski definition) is 2. The summed E-state index contributed by atoms with van der Waals surface area (Å²) in [5, 5.41) is 3.99. The summed E-state index contributed by atoms with van der Waals surface area (Å²) >= 11 is 1.60. The number of nitrogens with zero attached hydrogens (tertiary/aromatic N) is 1. The fourth-order valence-corrected chi connectivity index (χ4v) is 2.41. The summed E-state index contributed by atoms with van der Waals surface area (Å²) in [6.45, 7) is 6.16. The van der Waals surface area contributed by atoms with Crippen LogP contribution in [0.1, 0.15) is 18.1 Å². The topological polar surface area (TPSA) is 20.3 Å². The molecule has 0 aliphatic rings. The third-order valence-corrected chi connectivity index (χ3v) is 3.43. The highest BCUT2D eigenvalue weighted by Gasteiger charge is 2.14. The Hall–Kier alpha value is -1.87. The first-order valence-electron chi connectivity index (χ1n) is 5.72. The van der Waals surface area contributed by atoms with Crippen molar-refractivity contribution in [3.8, 4) is 0 Å². The van der Waals surface area contributed by atoms with Gasteiger partial charge in [0.25, 0.3) is 0 Å². The van der Waals surface area contributed by atoms with Crippen LogP contribution in [0.5, 0.6) is 0 Å². The number of carbonyl (C=O) groups excluding carboxylic acids is 1. The van der Waals surface area contributed by atoms with Crippen LogP contribution in [-0.2, 0) is 11.3 Å². The van der Waals surface area contributed by atoms with Gasteiger partial charge in [-0.3, -0.25) is 4.79 Å². The quantitative estimate of drug-likeness (QED) is 0.816. The summed E-state index contributed by atoms with van der Waals surface area (Å²) in [5.41, 5.74) is 2.86. The Morgan fingerprint density at radius 2 is 2.00 bits per heavy atom. The second-order valence-corrected chi connectivity index (χ2v) is 4.83. The van der Waals surface area contributed by atoms with E-state index in [0.717, 1.165) is 16.8 Å². The average molecular weight is 257 g/mol.